The van der Waals surface area contributed by atoms with Crippen molar-refractivity contribution in [2.75, 3.05) is 44.7 Å². The molecule has 2 amide bonds. The molecule has 0 radical (unpaired) electrons. The van der Waals surface area contributed by atoms with Gasteiger partial charge in [-0.05, 0) is 37.2 Å². The first kappa shape index (κ1) is 19.4. The molecule has 2 N–H and O–H groups in total. The van der Waals surface area contributed by atoms with Crippen LogP contribution in [-0.4, -0.2) is 55.3 Å². The third kappa shape index (κ3) is 5.80. The topological polar surface area (TPSA) is 79.6 Å². The number of carbonyl (C=O) groups is 1. The summed E-state index contributed by atoms with van der Waals surface area (Å²) >= 11 is 0. The fourth-order valence-electron chi connectivity index (χ4n) is 2.89. The molecule has 7 nitrogen and oxygen atoms in total. The standard InChI is InChI=1S/C20H28N4O3/c1-15(2)18-14-22-19(27-18)16-4-6-17(7-5-16)23-20(25)21-8-3-9-24-10-12-26-13-11-24/h4-7,14-15H,3,8-13H2,1-2H3,(H2,21,23,25). The van der Waals surface area contributed by atoms with Crippen molar-refractivity contribution in [2.45, 2.75) is 26.2 Å². The maximum atomic E-state index is 12.0. The highest BCUT2D eigenvalue weighted by molar-refractivity contribution is 5.89. The molecule has 0 bridgehead atoms. The molecule has 0 saturated carbocycles. The zero-order chi connectivity index (χ0) is 19.1. The first-order valence-electron chi connectivity index (χ1n) is 9.53. The summed E-state index contributed by atoms with van der Waals surface area (Å²) in [7, 11) is 0. The molecule has 1 fully saturated rings. The fraction of sp³-hybridized carbons (Fsp3) is 0.500. The minimum absolute atomic E-state index is 0.192. The SMILES string of the molecule is CC(C)c1cnc(-c2ccc(NC(=O)NCCCN3CCOCC3)cc2)o1. The molecular weight excluding hydrogens is 344 g/mol. The van der Waals surface area contributed by atoms with Gasteiger partial charge >= 0.3 is 6.03 Å². The first-order chi connectivity index (χ1) is 13.1. The van der Waals surface area contributed by atoms with Crippen molar-refractivity contribution in [1.82, 2.24) is 15.2 Å². The largest absolute Gasteiger partial charge is 0.441 e. The zero-order valence-electron chi connectivity index (χ0n) is 16.0. The number of ether oxygens (including phenoxy) is 1. The highest BCUT2D eigenvalue weighted by atomic mass is 16.5. The average molecular weight is 372 g/mol. The number of carbonyl (C=O) groups excluding carboxylic acids is 1. The van der Waals surface area contributed by atoms with Crippen LogP contribution in [0.4, 0.5) is 10.5 Å². The van der Waals surface area contributed by atoms with Crippen molar-refractivity contribution in [3.63, 3.8) is 0 Å². The maximum Gasteiger partial charge on any atom is 0.319 e. The van der Waals surface area contributed by atoms with Gasteiger partial charge in [0.2, 0.25) is 5.89 Å². The highest BCUT2D eigenvalue weighted by Crippen LogP contribution is 2.24. The Balaban J connectivity index is 1.41. The lowest BCUT2D eigenvalue weighted by atomic mass is 10.2. The van der Waals surface area contributed by atoms with Gasteiger partial charge in [0.25, 0.3) is 0 Å². The Morgan fingerprint density at radius 3 is 2.63 bits per heavy atom. The molecule has 1 saturated heterocycles. The molecule has 0 aliphatic carbocycles. The van der Waals surface area contributed by atoms with E-state index < -0.39 is 0 Å². The number of oxazole rings is 1. The summed E-state index contributed by atoms with van der Waals surface area (Å²) in [6.07, 6.45) is 2.69. The van der Waals surface area contributed by atoms with E-state index in [4.69, 9.17) is 9.15 Å². The van der Waals surface area contributed by atoms with E-state index in [1.165, 1.54) is 0 Å². The van der Waals surface area contributed by atoms with E-state index in [-0.39, 0.29) is 6.03 Å². The molecule has 3 rings (SSSR count). The Kier molecular flexibility index (Phi) is 6.84. The number of morpholine rings is 1. The summed E-state index contributed by atoms with van der Waals surface area (Å²) in [5, 5.41) is 5.74. The Morgan fingerprint density at radius 2 is 1.96 bits per heavy atom. The lowest BCUT2D eigenvalue weighted by molar-refractivity contribution is 0.0375. The minimum atomic E-state index is -0.192. The highest BCUT2D eigenvalue weighted by Gasteiger charge is 2.11. The fourth-order valence-corrected chi connectivity index (χ4v) is 2.89. The smallest absolute Gasteiger partial charge is 0.319 e. The molecule has 146 valence electrons. The van der Waals surface area contributed by atoms with Gasteiger partial charge in [-0.15, -0.1) is 0 Å². The second-order valence-corrected chi connectivity index (χ2v) is 6.99. The zero-order valence-corrected chi connectivity index (χ0v) is 16.0. The molecule has 27 heavy (non-hydrogen) atoms. The van der Waals surface area contributed by atoms with Crippen molar-refractivity contribution in [2.24, 2.45) is 0 Å². The minimum Gasteiger partial charge on any atom is -0.441 e. The van der Waals surface area contributed by atoms with Gasteiger partial charge in [0.1, 0.15) is 5.76 Å². The number of nitrogens with one attached hydrogen (secondary N) is 2. The summed E-state index contributed by atoms with van der Waals surface area (Å²) in [4.78, 5) is 18.7. The normalized spacial score (nSPS) is 15.1. The van der Waals surface area contributed by atoms with E-state index in [9.17, 15) is 4.79 Å². The molecule has 1 aromatic carbocycles. The Hall–Kier alpha value is -2.38. The van der Waals surface area contributed by atoms with Crippen molar-refractivity contribution in [3.05, 3.63) is 36.2 Å². The second-order valence-electron chi connectivity index (χ2n) is 6.99. The van der Waals surface area contributed by atoms with E-state index in [2.05, 4.69) is 34.4 Å². The van der Waals surface area contributed by atoms with Crippen LogP contribution in [0.2, 0.25) is 0 Å². The summed E-state index contributed by atoms with van der Waals surface area (Å²) in [6.45, 7) is 9.31. The van der Waals surface area contributed by atoms with Crippen LogP contribution in [0.3, 0.4) is 0 Å². The summed E-state index contributed by atoms with van der Waals surface area (Å²) in [5.41, 5.74) is 1.62. The predicted octanol–water partition coefficient (Wildman–Crippen LogP) is 3.31. The number of rotatable bonds is 7. The monoisotopic (exact) mass is 372 g/mol. The molecule has 0 unspecified atom stereocenters. The van der Waals surface area contributed by atoms with Crippen LogP contribution in [0.15, 0.2) is 34.9 Å². The van der Waals surface area contributed by atoms with Crippen LogP contribution >= 0.6 is 0 Å². The number of benzene rings is 1. The summed E-state index contributed by atoms with van der Waals surface area (Å²) in [6, 6.07) is 7.29. The summed E-state index contributed by atoms with van der Waals surface area (Å²) in [5.74, 6) is 1.76. The number of urea groups is 1. The number of hydrogen-bond donors (Lipinski definition) is 2. The quantitative estimate of drug-likeness (QED) is 0.729. The van der Waals surface area contributed by atoms with Crippen LogP contribution in [0.5, 0.6) is 0 Å². The number of hydrogen-bond acceptors (Lipinski definition) is 5. The van der Waals surface area contributed by atoms with Crippen LogP contribution < -0.4 is 10.6 Å². The molecule has 2 heterocycles. The Bertz CT molecular complexity index is 721. The molecule has 0 atom stereocenters. The first-order valence-corrected chi connectivity index (χ1v) is 9.53. The predicted molar refractivity (Wildman–Crippen MR) is 105 cm³/mol. The Morgan fingerprint density at radius 1 is 1.22 bits per heavy atom. The number of amides is 2. The van der Waals surface area contributed by atoms with Crippen molar-refractivity contribution < 1.29 is 13.9 Å². The van der Waals surface area contributed by atoms with Crippen molar-refractivity contribution >= 4 is 11.7 Å². The Labute approximate surface area is 160 Å². The van der Waals surface area contributed by atoms with E-state index in [1.54, 1.807) is 6.20 Å². The van der Waals surface area contributed by atoms with Gasteiger partial charge in [-0.25, -0.2) is 9.78 Å². The summed E-state index contributed by atoms with van der Waals surface area (Å²) < 4.78 is 11.1. The molecule has 7 heteroatoms. The molecule has 1 aliphatic heterocycles. The molecule has 0 spiro atoms. The van der Waals surface area contributed by atoms with Gasteiger partial charge in [-0.2, -0.15) is 0 Å². The lowest BCUT2D eigenvalue weighted by Gasteiger charge is -2.26. The van der Waals surface area contributed by atoms with E-state index in [0.29, 0.717) is 18.4 Å². The third-order valence-corrected chi connectivity index (χ3v) is 4.52. The maximum absolute atomic E-state index is 12.0. The van der Waals surface area contributed by atoms with Crippen molar-refractivity contribution in [3.8, 4) is 11.5 Å². The average Bonchev–Trinajstić information content (AvgIpc) is 3.17. The number of nitrogens with zero attached hydrogens (tertiary/aromatic N) is 2. The van der Waals surface area contributed by atoms with Crippen molar-refractivity contribution in [1.29, 1.82) is 0 Å². The van der Waals surface area contributed by atoms with Crippen LogP contribution in [0.25, 0.3) is 11.5 Å². The van der Waals surface area contributed by atoms with Crippen LogP contribution in [-0.2, 0) is 4.74 Å². The van der Waals surface area contributed by atoms with E-state index in [1.807, 2.05) is 24.3 Å². The van der Waals surface area contributed by atoms with Gasteiger partial charge < -0.3 is 19.8 Å². The van der Waals surface area contributed by atoms with Crippen LogP contribution in [0.1, 0.15) is 31.9 Å². The van der Waals surface area contributed by atoms with Gasteiger partial charge in [0.05, 0.1) is 19.4 Å². The van der Waals surface area contributed by atoms with Gasteiger partial charge in [0, 0.05) is 36.8 Å². The lowest BCUT2D eigenvalue weighted by Crippen LogP contribution is -2.38. The van der Waals surface area contributed by atoms with E-state index >= 15 is 0 Å². The second kappa shape index (κ2) is 9.53. The number of aromatic nitrogens is 1. The third-order valence-electron chi connectivity index (χ3n) is 4.52. The molecule has 1 aliphatic rings. The van der Waals surface area contributed by atoms with Gasteiger partial charge in [0.15, 0.2) is 0 Å². The van der Waals surface area contributed by atoms with Gasteiger partial charge in [-0.1, -0.05) is 13.8 Å². The van der Waals surface area contributed by atoms with E-state index in [0.717, 1.165) is 56.3 Å². The molecule has 1 aromatic heterocycles. The molecule has 2 aromatic rings. The number of anilines is 1. The molecular formula is C20H28N4O3. The van der Waals surface area contributed by atoms with Gasteiger partial charge in [-0.3, -0.25) is 4.90 Å². The van der Waals surface area contributed by atoms with Crippen LogP contribution in [0, 0.1) is 0 Å².